The maximum absolute atomic E-state index is 12.3. The van der Waals surface area contributed by atoms with Crippen LogP contribution >= 0.6 is 11.6 Å². The first kappa shape index (κ1) is 16.0. The Hall–Kier alpha value is -2.34. The lowest BCUT2D eigenvalue weighted by Gasteiger charge is -2.28. The zero-order valence-electron chi connectivity index (χ0n) is 12.3. The number of carbonyl (C=O) groups excluding carboxylic acids is 2. The van der Waals surface area contributed by atoms with Crippen molar-refractivity contribution in [3.05, 3.63) is 52.8 Å². The number of halogens is 1. The van der Waals surface area contributed by atoms with Crippen LogP contribution in [0, 0.1) is 0 Å². The number of nitrogens with zero attached hydrogens (tertiary/aromatic N) is 2. The molecular formula is C15H17ClN4O2. The molecule has 2 rings (SSSR count). The van der Waals surface area contributed by atoms with Crippen molar-refractivity contribution in [3.8, 4) is 0 Å². The van der Waals surface area contributed by atoms with Gasteiger partial charge in [0.25, 0.3) is 5.91 Å². The van der Waals surface area contributed by atoms with Crippen LogP contribution in [-0.4, -0.2) is 21.6 Å². The number of hydrogen-bond acceptors (Lipinski definition) is 3. The molecule has 0 saturated heterocycles. The minimum absolute atomic E-state index is 0.358. The standard InChI is InChI=1S/C15H17ClN4O2/c1-3-20-9-10(8-18-20)13(21)19-15(2,14(17)22)11-5-4-6-12(16)7-11/h4-9H,3H2,1-2H3,(H2,17,22)(H,19,21)/t15-/m1/s1. The number of rotatable bonds is 5. The summed E-state index contributed by atoms with van der Waals surface area (Å²) in [4.78, 5) is 24.3. The zero-order chi connectivity index (χ0) is 16.3. The van der Waals surface area contributed by atoms with E-state index in [4.69, 9.17) is 17.3 Å². The van der Waals surface area contributed by atoms with Gasteiger partial charge in [0.05, 0.1) is 11.8 Å². The van der Waals surface area contributed by atoms with Crippen molar-refractivity contribution in [2.24, 2.45) is 5.73 Å². The Bertz CT molecular complexity index is 713. The number of benzene rings is 1. The van der Waals surface area contributed by atoms with Crippen molar-refractivity contribution in [1.29, 1.82) is 0 Å². The Morgan fingerprint density at radius 3 is 2.73 bits per heavy atom. The molecule has 2 amide bonds. The highest BCUT2D eigenvalue weighted by Gasteiger charge is 2.35. The molecule has 0 bridgehead atoms. The molecule has 7 heteroatoms. The second-order valence-corrected chi connectivity index (χ2v) is 5.47. The van der Waals surface area contributed by atoms with Gasteiger partial charge < -0.3 is 11.1 Å². The number of primary amides is 1. The van der Waals surface area contributed by atoms with Gasteiger partial charge >= 0.3 is 0 Å². The Labute approximate surface area is 133 Å². The van der Waals surface area contributed by atoms with Crippen molar-refractivity contribution in [3.63, 3.8) is 0 Å². The van der Waals surface area contributed by atoms with E-state index in [2.05, 4.69) is 10.4 Å². The van der Waals surface area contributed by atoms with Crippen LogP contribution in [0.1, 0.15) is 29.8 Å². The second-order valence-electron chi connectivity index (χ2n) is 5.04. The Kier molecular flexibility index (Phi) is 4.51. The monoisotopic (exact) mass is 320 g/mol. The topological polar surface area (TPSA) is 90.0 Å². The van der Waals surface area contributed by atoms with Crippen LogP contribution in [0.2, 0.25) is 5.02 Å². The van der Waals surface area contributed by atoms with Crippen molar-refractivity contribution in [1.82, 2.24) is 15.1 Å². The van der Waals surface area contributed by atoms with E-state index in [0.29, 0.717) is 22.7 Å². The molecule has 0 aliphatic heterocycles. The van der Waals surface area contributed by atoms with Gasteiger partial charge in [-0.1, -0.05) is 23.7 Å². The molecule has 0 unspecified atom stereocenters. The van der Waals surface area contributed by atoms with Gasteiger partial charge in [0.15, 0.2) is 0 Å². The molecule has 3 N–H and O–H groups in total. The minimum Gasteiger partial charge on any atom is -0.367 e. The van der Waals surface area contributed by atoms with Gasteiger partial charge in [0.1, 0.15) is 5.54 Å². The van der Waals surface area contributed by atoms with Gasteiger partial charge in [-0.2, -0.15) is 5.10 Å². The second kappa shape index (κ2) is 6.19. The highest BCUT2D eigenvalue weighted by molar-refractivity contribution is 6.30. The summed E-state index contributed by atoms with van der Waals surface area (Å²) in [6, 6.07) is 6.66. The van der Waals surface area contributed by atoms with Gasteiger partial charge in [0.2, 0.25) is 5.91 Å². The average molecular weight is 321 g/mol. The summed E-state index contributed by atoms with van der Waals surface area (Å²) in [5.41, 5.74) is 5.00. The Morgan fingerprint density at radius 1 is 1.45 bits per heavy atom. The van der Waals surface area contributed by atoms with Crippen LogP contribution in [0.15, 0.2) is 36.7 Å². The van der Waals surface area contributed by atoms with Crippen LogP contribution in [0.3, 0.4) is 0 Å². The number of nitrogens with one attached hydrogen (secondary N) is 1. The SMILES string of the molecule is CCn1cc(C(=O)N[C@@](C)(C(N)=O)c2cccc(Cl)c2)cn1. The number of carbonyl (C=O) groups is 2. The highest BCUT2D eigenvalue weighted by Crippen LogP contribution is 2.24. The quantitative estimate of drug-likeness (QED) is 0.878. The molecule has 116 valence electrons. The first-order valence-corrected chi connectivity index (χ1v) is 7.15. The summed E-state index contributed by atoms with van der Waals surface area (Å²) < 4.78 is 1.62. The first-order valence-electron chi connectivity index (χ1n) is 6.77. The Morgan fingerprint density at radius 2 is 2.18 bits per heavy atom. The molecule has 1 aromatic heterocycles. The fourth-order valence-corrected chi connectivity index (χ4v) is 2.22. The van der Waals surface area contributed by atoms with Crippen LogP contribution in [0.4, 0.5) is 0 Å². The molecule has 0 fully saturated rings. The van der Waals surface area contributed by atoms with Crippen molar-refractivity contribution >= 4 is 23.4 Å². The van der Waals surface area contributed by atoms with Gasteiger partial charge in [0, 0.05) is 17.8 Å². The molecule has 2 aromatic rings. The van der Waals surface area contributed by atoms with Crippen LogP contribution in [0.5, 0.6) is 0 Å². The van der Waals surface area contributed by atoms with E-state index >= 15 is 0 Å². The van der Waals surface area contributed by atoms with E-state index in [9.17, 15) is 9.59 Å². The molecule has 22 heavy (non-hydrogen) atoms. The van der Waals surface area contributed by atoms with E-state index in [0.717, 1.165) is 0 Å². The predicted octanol–water partition coefficient (Wildman–Crippen LogP) is 1.69. The van der Waals surface area contributed by atoms with E-state index in [1.54, 1.807) is 42.1 Å². The molecule has 0 spiro atoms. The lowest BCUT2D eigenvalue weighted by Crippen LogP contribution is -2.52. The summed E-state index contributed by atoms with van der Waals surface area (Å²) in [5.74, 6) is -1.10. The first-order chi connectivity index (χ1) is 10.4. The number of nitrogens with two attached hydrogens (primary N) is 1. The fraction of sp³-hybridized carbons (Fsp3) is 0.267. The third-order valence-corrected chi connectivity index (χ3v) is 3.71. The van der Waals surface area contributed by atoms with Crippen molar-refractivity contribution < 1.29 is 9.59 Å². The van der Waals surface area contributed by atoms with Crippen LogP contribution in [-0.2, 0) is 16.9 Å². The lowest BCUT2D eigenvalue weighted by atomic mass is 9.91. The lowest BCUT2D eigenvalue weighted by molar-refractivity contribution is -0.123. The number of hydrogen-bond donors (Lipinski definition) is 2. The average Bonchev–Trinajstić information content (AvgIpc) is 2.96. The molecule has 0 aliphatic rings. The summed E-state index contributed by atoms with van der Waals surface area (Å²) >= 11 is 5.95. The number of aryl methyl sites for hydroxylation is 1. The number of aromatic nitrogens is 2. The van der Waals surface area contributed by atoms with E-state index in [1.807, 2.05) is 6.92 Å². The third kappa shape index (κ3) is 3.12. The highest BCUT2D eigenvalue weighted by atomic mass is 35.5. The van der Waals surface area contributed by atoms with E-state index < -0.39 is 17.4 Å². The molecule has 1 aromatic carbocycles. The zero-order valence-corrected chi connectivity index (χ0v) is 13.1. The Balaban J connectivity index is 2.32. The van der Waals surface area contributed by atoms with Crippen molar-refractivity contribution in [2.45, 2.75) is 25.9 Å². The molecular weight excluding hydrogens is 304 g/mol. The normalized spacial score (nSPS) is 13.4. The van der Waals surface area contributed by atoms with Gasteiger partial charge in [-0.05, 0) is 31.5 Å². The summed E-state index contributed by atoms with van der Waals surface area (Å²) in [6.45, 7) is 4.10. The predicted molar refractivity (Wildman–Crippen MR) is 83.4 cm³/mol. The summed E-state index contributed by atoms with van der Waals surface area (Å²) in [7, 11) is 0. The van der Waals surface area contributed by atoms with Gasteiger partial charge in [-0.3, -0.25) is 14.3 Å². The van der Waals surface area contributed by atoms with Crippen LogP contribution in [0.25, 0.3) is 0 Å². The maximum atomic E-state index is 12.3. The van der Waals surface area contributed by atoms with E-state index in [-0.39, 0.29) is 0 Å². The molecule has 1 heterocycles. The summed E-state index contributed by atoms with van der Waals surface area (Å²) in [6.07, 6.45) is 3.05. The molecule has 6 nitrogen and oxygen atoms in total. The largest absolute Gasteiger partial charge is 0.367 e. The molecule has 0 radical (unpaired) electrons. The van der Waals surface area contributed by atoms with Crippen molar-refractivity contribution in [2.75, 3.05) is 0 Å². The van der Waals surface area contributed by atoms with E-state index in [1.165, 1.54) is 6.20 Å². The summed E-state index contributed by atoms with van der Waals surface area (Å²) in [5, 5.41) is 7.16. The molecule has 1 atom stereocenters. The molecule has 0 saturated carbocycles. The fourth-order valence-electron chi connectivity index (χ4n) is 2.03. The number of amides is 2. The maximum Gasteiger partial charge on any atom is 0.255 e. The van der Waals surface area contributed by atoms with Gasteiger partial charge in [-0.15, -0.1) is 0 Å². The van der Waals surface area contributed by atoms with Gasteiger partial charge in [-0.25, -0.2) is 0 Å². The minimum atomic E-state index is -1.36. The molecule has 0 aliphatic carbocycles. The smallest absolute Gasteiger partial charge is 0.255 e. The third-order valence-electron chi connectivity index (χ3n) is 3.48. The van der Waals surface area contributed by atoms with Crippen LogP contribution < -0.4 is 11.1 Å².